The molecule has 2 rings (SSSR count). The Kier molecular flexibility index (Phi) is 5.46. The predicted molar refractivity (Wildman–Crippen MR) is 86.6 cm³/mol. The maximum absolute atomic E-state index is 12.4. The minimum Gasteiger partial charge on any atom is -0.497 e. The zero-order valence-corrected chi connectivity index (χ0v) is 14.0. The summed E-state index contributed by atoms with van der Waals surface area (Å²) in [5.74, 6) is 1.71. The molecular weight excluding hydrogens is 318 g/mol. The first-order valence-corrected chi connectivity index (χ1v) is 8.33. The molecule has 0 aliphatic carbocycles. The predicted octanol–water partition coefficient (Wildman–Crippen LogP) is 2.19. The van der Waals surface area contributed by atoms with Crippen LogP contribution in [0.15, 0.2) is 47.4 Å². The van der Waals surface area contributed by atoms with Gasteiger partial charge in [0.2, 0.25) is 10.0 Å². The second-order valence-electron chi connectivity index (χ2n) is 4.64. The van der Waals surface area contributed by atoms with Gasteiger partial charge in [-0.15, -0.1) is 0 Å². The highest BCUT2D eigenvalue weighted by Crippen LogP contribution is 2.28. The van der Waals surface area contributed by atoms with E-state index >= 15 is 0 Å². The van der Waals surface area contributed by atoms with E-state index in [4.69, 9.17) is 14.2 Å². The van der Waals surface area contributed by atoms with Crippen molar-refractivity contribution < 1.29 is 22.6 Å². The molecule has 2 aromatic carbocycles. The van der Waals surface area contributed by atoms with Crippen molar-refractivity contribution in [3.8, 4) is 17.2 Å². The van der Waals surface area contributed by atoms with E-state index in [-0.39, 0.29) is 11.4 Å². The third-order valence-corrected chi connectivity index (χ3v) is 4.76. The van der Waals surface area contributed by atoms with Gasteiger partial charge in [-0.2, -0.15) is 0 Å². The molecule has 0 saturated heterocycles. The maximum Gasteiger partial charge on any atom is 0.240 e. The van der Waals surface area contributed by atoms with Gasteiger partial charge in [-0.3, -0.25) is 0 Å². The monoisotopic (exact) mass is 337 g/mol. The molecule has 6 nitrogen and oxygen atoms in total. The molecule has 0 aliphatic heterocycles. The normalized spacial score (nSPS) is 11.1. The van der Waals surface area contributed by atoms with Crippen molar-refractivity contribution >= 4 is 10.0 Å². The Morgan fingerprint density at radius 3 is 1.91 bits per heavy atom. The molecule has 7 heteroatoms. The fraction of sp³-hybridized carbons (Fsp3) is 0.250. The van der Waals surface area contributed by atoms with Gasteiger partial charge >= 0.3 is 0 Å². The van der Waals surface area contributed by atoms with Crippen molar-refractivity contribution in [3.05, 3.63) is 48.0 Å². The summed E-state index contributed by atoms with van der Waals surface area (Å²) in [6.07, 6.45) is 0. The van der Waals surface area contributed by atoms with Crippen molar-refractivity contribution in [1.82, 2.24) is 4.72 Å². The van der Waals surface area contributed by atoms with Crippen LogP contribution in [0.1, 0.15) is 5.56 Å². The van der Waals surface area contributed by atoms with E-state index in [1.165, 1.54) is 33.5 Å². The van der Waals surface area contributed by atoms with Crippen molar-refractivity contribution in [2.24, 2.45) is 0 Å². The Bertz CT molecular complexity index is 734. The van der Waals surface area contributed by atoms with Gasteiger partial charge in [0.25, 0.3) is 0 Å². The molecule has 0 saturated carbocycles. The summed E-state index contributed by atoms with van der Waals surface area (Å²) in [5.41, 5.74) is 0.634. The van der Waals surface area contributed by atoms with Gasteiger partial charge in [-0.05, 0) is 36.4 Å². The van der Waals surface area contributed by atoms with E-state index < -0.39 is 10.0 Å². The summed E-state index contributed by atoms with van der Waals surface area (Å²) >= 11 is 0. The zero-order chi connectivity index (χ0) is 16.9. The molecular formula is C16H19NO5S. The van der Waals surface area contributed by atoms with Gasteiger partial charge in [-0.25, -0.2) is 13.1 Å². The van der Waals surface area contributed by atoms with Crippen LogP contribution in [0.5, 0.6) is 17.2 Å². The highest BCUT2D eigenvalue weighted by molar-refractivity contribution is 7.89. The molecule has 0 bridgehead atoms. The molecule has 124 valence electrons. The molecule has 0 spiro atoms. The van der Waals surface area contributed by atoms with Crippen LogP contribution >= 0.6 is 0 Å². The lowest BCUT2D eigenvalue weighted by Crippen LogP contribution is -2.23. The number of benzene rings is 2. The van der Waals surface area contributed by atoms with Crippen LogP contribution in [0.25, 0.3) is 0 Å². The van der Waals surface area contributed by atoms with Crippen LogP contribution < -0.4 is 18.9 Å². The number of sulfonamides is 1. The van der Waals surface area contributed by atoms with Crippen LogP contribution in [0, 0.1) is 0 Å². The average Bonchev–Trinajstić information content (AvgIpc) is 2.59. The van der Waals surface area contributed by atoms with E-state index in [2.05, 4.69) is 4.72 Å². The quantitative estimate of drug-likeness (QED) is 0.838. The van der Waals surface area contributed by atoms with E-state index in [1.807, 2.05) is 0 Å². The third kappa shape index (κ3) is 3.94. The topological polar surface area (TPSA) is 73.9 Å². The van der Waals surface area contributed by atoms with Crippen molar-refractivity contribution in [3.63, 3.8) is 0 Å². The van der Waals surface area contributed by atoms with Gasteiger partial charge in [0.1, 0.15) is 17.2 Å². The number of hydrogen-bond acceptors (Lipinski definition) is 5. The van der Waals surface area contributed by atoms with E-state index in [0.717, 1.165) is 0 Å². The largest absolute Gasteiger partial charge is 0.497 e. The number of rotatable bonds is 7. The number of hydrogen-bond donors (Lipinski definition) is 1. The summed E-state index contributed by atoms with van der Waals surface area (Å²) < 4.78 is 42.8. The molecule has 23 heavy (non-hydrogen) atoms. The van der Waals surface area contributed by atoms with Crippen molar-refractivity contribution in [2.75, 3.05) is 21.3 Å². The standard InChI is InChI=1S/C16H19NO5S/c1-20-12-7-9-13(10-8-12)23(18,19)17-11-14-15(21-2)5-4-6-16(14)22-3/h4-10,17H,11H2,1-3H3. The minimum absolute atomic E-state index is 0.0571. The molecule has 0 unspecified atom stereocenters. The summed E-state index contributed by atoms with van der Waals surface area (Å²) in [4.78, 5) is 0.159. The summed E-state index contributed by atoms with van der Waals surface area (Å²) in [7, 11) is 0.922. The Morgan fingerprint density at radius 1 is 0.870 bits per heavy atom. The SMILES string of the molecule is COc1ccc(S(=O)(=O)NCc2c(OC)cccc2OC)cc1. The second-order valence-corrected chi connectivity index (χ2v) is 6.41. The van der Waals surface area contributed by atoms with Gasteiger partial charge < -0.3 is 14.2 Å². The molecule has 0 radical (unpaired) electrons. The van der Waals surface area contributed by atoms with Gasteiger partial charge in [-0.1, -0.05) is 6.07 Å². The Morgan fingerprint density at radius 2 is 1.43 bits per heavy atom. The Balaban J connectivity index is 2.22. The summed E-state index contributed by atoms with van der Waals surface area (Å²) in [6, 6.07) is 11.4. The molecule has 0 aliphatic rings. The van der Waals surface area contributed by atoms with E-state index in [0.29, 0.717) is 22.8 Å². The number of nitrogens with one attached hydrogen (secondary N) is 1. The highest BCUT2D eigenvalue weighted by atomic mass is 32.2. The van der Waals surface area contributed by atoms with Crippen LogP contribution in [0.4, 0.5) is 0 Å². The van der Waals surface area contributed by atoms with Gasteiger partial charge in [0.15, 0.2) is 0 Å². The molecule has 0 atom stereocenters. The third-order valence-electron chi connectivity index (χ3n) is 3.34. The smallest absolute Gasteiger partial charge is 0.240 e. The number of methoxy groups -OCH3 is 3. The van der Waals surface area contributed by atoms with Crippen LogP contribution in [-0.2, 0) is 16.6 Å². The lowest BCUT2D eigenvalue weighted by atomic mass is 10.2. The molecule has 0 heterocycles. The summed E-state index contributed by atoms with van der Waals surface area (Å²) in [6.45, 7) is 0.0571. The molecule has 1 N–H and O–H groups in total. The lowest BCUT2D eigenvalue weighted by molar-refractivity contribution is 0.384. The van der Waals surface area contributed by atoms with E-state index in [9.17, 15) is 8.42 Å². The first-order chi connectivity index (χ1) is 11.0. The summed E-state index contributed by atoms with van der Waals surface area (Å²) in [5, 5.41) is 0. The highest BCUT2D eigenvalue weighted by Gasteiger charge is 2.17. The minimum atomic E-state index is -3.65. The lowest BCUT2D eigenvalue weighted by Gasteiger charge is -2.14. The molecule has 0 fully saturated rings. The average molecular weight is 337 g/mol. The van der Waals surface area contributed by atoms with E-state index in [1.54, 1.807) is 30.3 Å². The molecule has 0 amide bonds. The van der Waals surface area contributed by atoms with Crippen LogP contribution in [-0.4, -0.2) is 29.7 Å². The first kappa shape index (κ1) is 17.1. The number of ether oxygens (including phenoxy) is 3. The van der Waals surface area contributed by atoms with Crippen molar-refractivity contribution in [1.29, 1.82) is 0 Å². The van der Waals surface area contributed by atoms with Crippen molar-refractivity contribution in [2.45, 2.75) is 11.4 Å². The van der Waals surface area contributed by atoms with Gasteiger partial charge in [0, 0.05) is 6.54 Å². The molecule has 2 aromatic rings. The first-order valence-electron chi connectivity index (χ1n) is 6.85. The van der Waals surface area contributed by atoms with Crippen LogP contribution in [0.3, 0.4) is 0 Å². The zero-order valence-electron chi connectivity index (χ0n) is 13.2. The fourth-order valence-electron chi connectivity index (χ4n) is 2.11. The Labute approximate surface area is 136 Å². The van der Waals surface area contributed by atoms with Gasteiger partial charge in [0.05, 0.1) is 31.8 Å². The molecule has 0 aromatic heterocycles. The Hall–Kier alpha value is -2.25. The maximum atomic E-state index is 12.4. The fourth-order valence-corrected chi connectivity index (χ4v) is 3.10. The second kappa shape index (κ2) is 7.34. The van der Waals surface area contributed by atoms with Crippen LogP contribution in [0.2, 0.25) is 0 Å².